The average Bonchev–Trinajstić information content (AvgIpc) is 3.62. The van der Waals surface area contributed by atoms with Gasteiger partial charge in [0.2, 0.25) is 5.91 Å². The molecule has 43 heavy (non-hydrogen) atoms. The van der Waals surface area contributed by atoms with Gasteiger partial charge in [0.1, 0.15) is 0 Å². The predicted molar refractivity (Wildman–Crippen MR) is 167 cm³/mol. The zero-order chi connectivity index (χ0) is 30.2. The smallest absolute Gasteiger partial charge is 0.254 e. The molecule has 5 heterocycles. The first kappa shape index (κ1) is 28.5. The number of carbonyl (C=O) groups excluding carboxylic acids is 1. The van der Waals surface area contributed by atoms with Crippen LogP contribution in [0.4, 0.5) is 5.69 Å². The minimum Gasteiger partial charge on any atom is -0.323 e. The molecule has 1 aliphatic heterocycles. The number of nitrogens with zero attached hydrogens (tertiary/aromatic N) is 7. The summed E-state index contributed by atoms with van der Waals surface area (Å²) in [6.45, 7) is 6.05. The zero-order valence-electron chi connectivity index (χ0n) is 24.5. The lowest BCUT2D eigenvalue weighted by molar-refractivity contribution is -0.119. The number of hydrogen-bond acceptors (Lipinski definition) is 6. The van der Waals surface area contributed by atoms with Gasteiger partial charge in [0.25, 0.3) is 5.56 Å². The highest BCUT2D eigenvalue weighted by Gasteiger charge is 2.24. The quantitative estimate of drug-likeness (QED) is 0.266. The molecule has 0 spiro atoms. The van der Waals surface area contributed by atoms with Gasteiger partial charge in [-0.3, -0.25) is 28.5 Å². The Kier molecular flexibility index (Phi) is 7.70. The number of pyridine rings is 1. The number of benzene rings is 1. The first-order chi connectivity index (χ1) is 20.7. The van der Waals surface area contributed by atoms with E-state index in [1.807, 2.05) is 61.4 Å². The van der Waals surface area contributed by atoms with Crippen molar-refractivity contribution in [2.45, 2.75) is 52.1 Å². The molecule has 0 fully saturated rings. The summed E-state index contributed by atoms with van der Waals surface area (Å²) < 4.78 is 5.26. The minimum atomic E-state index is -0.372. The maximum absolute atomic E-state index is 13.8. The summed E-state index contributed by atoms with van der Waals surface area (Å²) in [5.74, 6) is -0.266. The average molecular weight is 597 g/mol. The molecule has 1 aromatic carbocycles. The Morgan fingerprint density at radius 1 is 0.977 bits per heavy atom. The van der Waals surface area contributed by atoms with Crippen molar-refractivity contribution in [3.8, 4) is 33.6 Å². The van der Waals surface area contributed by atoms with Crippen LogP contribution in [-0.4, -0.2) is 40.0 Å². The molecule has 4 aromatic heterocycles. The zero-order valence-corrected chi connectivity index (χ0v) is 25.3. The lowest BCUT2D eigenvalue weighted by Crippen LogP contribution is -2.27. The molecular formula is C32H33ClN8O2. The minimum absolute atomic E-state index is 0.0555. The van der Waals surface area contributed by atoms with Crippen LogP contribution in [0.1, 0.15) is 57.8 Å². The van der Waals surface area contributed by atoms with Crippen molar-refractivity contribution in [3.05, 3.63) is 88.6 Å². The van der Waals surface area contributed by atoms with Gasteiger partial charge in [0, 0.05) is 59.2 Å². The van der Waals surface area contributed by atoms with E-state index in [0.717, 1.165) is 40.1 Å². The molecule has 0 radical (unpaired) electrons. The molecule has 220 valence electrons. The highest BCUT2D eigenvalue weighted by Crippen LogP contribution is 2.35. The molecule has 10 nitrogen and oxygen atoms in total. The molecule has 6 rings (SSSR count). The molecule has 1 unspecified atom stereocenters. The van der Waals surface area contributed by atoms with E-state index in [-0.39, 0.29) is 29.5 Å². The van der Waals surface area contributed by atoms with Crippen molar-refractivity contribution in [3.63, 3.8) is 0 Å². The van der Waals surface area contributed by atoms with E-state index >= 15 is 0 Å². The van der Waals surface area contributed by atoms with E-state index < -0.39 is 0 Å². The number of carbonyl (C=O) groups is 1. The summed E-state index contributed by atoms with van der Waals surface area (Å²) >= 11 is 6.41. The van der Waals surface area contributed by atoms with Crippen molar-refractivity contribution in [1.29, 1.82) is 0 Å². The van der Waals surface area contributed by atoms with Crippen molar-refractivity contribution < 1.29 is 4.79 Å². The fraction of sp³-hybridized carbons (Fsp3) is 0.312. The third kappa shape index (κ3) is 5.62. The number of fused-ring (bicyclic) bond motifs is 4. The van der Waals surface area contributed by atoms with E-state index in [4.69, 9.17) is 16.6 Å². The van der Waals surface area contributed by atoms with Gasteiger partial charge < -0.3 is 5.32 Å². The van der Waals surface area contributed by atoms with Crippen LogP contribution in [0.2, 0.25) is 5.02 Å². The van der Waals surface area contributed by atoms with Crippen LogP contribution in [0.3, 0.4) is 0 Å². The third-order valence-electron chi connectivity index (χ3n) is 8.03. The summed E-state index contributed by atoms with van der Waals surface area (Å²) in [4.78, 5) is 36.2. The van der Waals surface area contributed by atoms with E-state index in [1.54, 1.807) is 34.0 Å². The molecular weight excluding hydrogens is 564 g/mol. The largest absolute Gasteiger partial charge is 0.323 e. The van der Waals surface area contributed by atoms with Crippen LogP contribution in [0.15, 0.2) is 72.3 Å². The Bertz CT molecular complexity index is 1870. The van der Waals surface area contributed by atoms with E-state index in [0.29, 0.717) is 29.2 Å². The molecule has 0 saturated heterocycles. The Morgan fingerprint density at radius 3 is 2.58 bits per heavy atom. The van der Waals surface area contributed by atoms with Crippen molar-refractivity contribution >= 4 is 23.2 Å². The monoisotopic (exact) mass is 596 g/mol. The summed E-state index contributed by atoms with van der Waals surface area (Å²) in [5, 5.41) is 12.4. The number of rotatable bonds is 4. The number of halogens is 1. The second-order valence-corrected chi connectivity index (χ2v) is 11.8. The Hall–Kier alpha value is -4.57. The van der Waals surface area contributed by atoms with Gasteiger partial charge in [0.05, 0.1) is 47.5 Å². The van der Waals surface area contributed by atoms with Crippen molar-refractivity contribution in [2.24, 2.45) is 13.0 Å². The van der Waals surface area contributed by atoms with Crippen molar-refractivity contribution in [2.75, 3.05) is 5.32 Å². The highest BCUT2D eigenvalue weighted by atomic mass is 35.5. The van der Waals surface area contributed by atoms with Crippen LogP contribution < -0.4 is 10.9 Å². The van der Waals surface area contributed by atoms with E-state index in [1.165, 1.54) is 0 Å². The van der Waals surface area contributed by atoms with Crippen LogP contribution in [-0.2, 0) is 11.8 Å². The normalized spacial score (nSPS) is 17.2. The summed E-state index contributed by atoms with van der Waals surface area (Å²) in [5.41, 5.74) is 5.89. The molecule has 1 N–H and O–H groups in total. The van der Waals surface area contributed by atoms with Crippen LogP contribution in [0, 0.1) is 5.92 Å². The van der Waals surface area contributed by atoms with Crippen LogP contribution >= 0.6 is 11.6 Å². The SMILES string of the molecule is CC(C)n1cc(-c2ccc(Cl)cc2-c2cc(=O)n(C3CCC[C@@H](C)C(=O)Nc4cnn(C)c4-c4ccnc3c4)cn2)cn1. The van der Waals surface area contributed by atoms with Gasteiger partial charge in [-0.05, 0) is 56.5 Å². The van der Waals surface area contributed by atoms with E-state index in [2.05, 4.69) is 34.3 Å². The lowest BCUT2D eigenvalue weighted by atomic mass is 9.96. The predicted octanol–water partition coefficient (Wildman–Crippen LogP) is 6.15. The third-order valence-corrected chi connectivity index (χ3v) is 8.26. The lowest BCUT2D eigenvalue weighted by Gasteiger charge is -2.22. The fourth-order valence-corrected chi connectivity index (χ4v) is 5.79. The molecule has 1 amide bonds. The topological polar surface area (TPSA) is 113 Å². The summed E-state index contributed by atoms with van der Waals surface area (Å²) in [7, 11) is 1.84. The molecule has 1 aliphatic rings. The molecule has 2 atom stereocenters. The maximum atomic E-state index is 13.8. The fourth-order valence-electron chi connectivity index (χ4n) is 5.61. The van der Waals surface area contributed by atoms with Gasteiger partial charge in [0.15, 0.2) is 0 Å². The van der Waals surface area contributed by atoms with Gasteiger partial charge >= 0.3 is 0 Å². The number of aryl methyl sites for hydroxylation is 1. The van der Waals surface area contributed by atoms with Crippen LogP contribution in [0.5, 0.6) is 0 Å². The number of hydrogen-bond donors (Lipinski definition) is 1. The van der Waals surface area contributed by atoms with Gasteiger partial charge in [-0.1, -0.05) is 31.0 Å². The van der Waals surface area contributed by atoms with Crippen LogP contribution in [0.25, 0.3) is 33.6 Å². The van der Waals surface area contributed by atoms with E-state index in [9.17, 15) is 9.59 Å². The number of amides is 1. The Morgan fingerprint density at radius 2 is 1.81 bits per heavy atom. The first-order valence-corrected chi connectivity index (χ1v) is 14.8. The standard InChI is InChI=1S/C32H33ClN8O2/c1-19(2)41-17-22(15-37-41)24-9-8-23(33)13-25(24)26-14-30(42)40(18-35-26)29-7-5-6-20(3)32(43)38-28-16-36-39(4)31(28)21-10-11-34-27(29)12-21/h8-20,29H,5-7H2,1-4H3,(H,38,43)/t20-,29?/m1/s1. The van der Waals surface area contributed by atoms with Gasteiger partial charge in [-0.25, -0.2) is 4.98 Å². The molecule has 0 aliphatic carbocycles. The highest BCUT2D eigenvalue weighted by molar-refractivity contribution is 6.31. The number of anilines is 1. The molecule has 5 aromatic rings. The Labute approximate surface area is 254 Å². The summed E-state index contributed by atoms with van der Waals surface area (Å²) in [6.07, 6.45) is 10.8. The van der Waals surface area contributed by atoms with Crippen molar-refractivity contribution in [1.82, 2.24) is 34.1 Å². The number of aromatic nitrogens is 7. The second kappa shape index (κ2) is 11.6. The summed E-state index contributed by atoms with van der Waals surface area (Å²) in [6, 6.07) is 10.8. The number of nitrogens with one attached hydrogen (secondary N) is 1. The maximum Gasteiger partial charge on any atom is 0.254 e. The molecule has 2 bridgehead atoms. The second-order valence-electron chi connectivity index (χ2n) is 11.3. The first-order valence-electron chi connectivity index (χ1n) is 14.4. The Balaban J connectivity index is 1.42. The molecule has 0 saturated carbocycles. The van der Waals surface area contributed by atoms with Gasteiger partial charge in [-0.15, -0.1) is 0 Å². The molecule has 11 heteroatoms. The van der Waals surface area contributed by atoms with Gasteiger partial charge in [-0.2, -0.15) is 10.2 Å².